The quantitative estimate of drug-likeness (QED) is 0.123. The van der Waals surface area contributed by atoms with Crippen LogP contribution in [0.5, 0.6) is 0 Å². The number of fused-ring (bicyclic) bond motifs is 4. The van der Waals surface area contributed by atoms with Gasteiger partial charge in [-0.2, -0.15) is 0 Å². The van der Waals surface area contributed by atoms with E-state index in [9.17, 15) is 0 Å². The average molecular weight is 1010 g/mol. The van der Waals surface area contributed by atoms with Crippen molar-refractivity contribution in [2.45, 2.75) is 65.2 Å². The number of imidazole rings is 1. The molecule has 59 heavy (non-hydrogen) atoms. The summed E-state index contributed by atoms with van der Waals surface area (Å²) in [6.45, 7) is 13.0. The van der Waals surface area contributed by atoms with Crippen molar-refractivity contribution in [3.8, 4) is 39.5 Å². The Hall–Kier alpha value is -5.21. The van der Waals surface area contributed by atoms with Crippen LogP contribution >= 0.6 is 0 Å². The number of hydrogen-bond donors (Lipinski definition) is 0. The maximum atomic E-state index is 6.49. The molecule has 1 radical (unpaired) electrons. The van der Waals surface area contributed by atoms with Gasteiger partial charge in [0.1, 0.15) is 5.58 Å². The van der Waals surface area contributed by atoms with Gasteiger partial charge in [0, 0.05) is 60.4 Å². The first kappa shape index (κ1) is 41.9. The fourth-order valence-electron chi connectivity index (χ4n) is 7.92. The van der Waals surface area contributed by atoms with Gasteiger partial charge in [-0.25, -0.2) is 0 Å². The number of aromatic nitrogens is 5. The second-order valence-electron chi connectivity index (χ2n) is 17.4. The van der Waals surface area contributed by atoms with Crippen LogP contribution in [-0.2, 0) is 26.5 Å². The molecule has 0 saturated carbocycles. The van der Waals surface area contributed by atoms with Gasteiger partial charge in [-0.1, -0.05) is 59.5 Å². The van der Waals surface area contributed by atoms with Crippen molar-refractivity contribution in [1.82, 2.24) is 24.5 Å². The van der Waals surface area contributed by atoms with Gasteiger partial charge < -0.3 is 8.98 Å². The first-order valence-corrected chi connectivity index (χ1v) is 27.3. The average Bonchev–Trinajstić information content (AvgIpc) is 3.77. The summed E-state index contributed by atoms with van der Waals surface area (Å²) in [7, 11) is 0. The molecule has 0 aliphatic heterocycles. The molecule has 0 spiro atoms. The molecule has 0 aliphatic carbocycles. The third kappa shape index (κ3) is 8.61. The molecule has 299 valence electrons. The van der Waals surface area contributed by atoms with Crippen LogP contribution in [0.25, 0.3) is 72.4 Å². The van der Waals surface area contributed by atoms with Gasteiger partial charge in [0.2, 0.25) is 0 Å². The summed E-state index contributed by atoms with van der Waals surface area (Å²) < 4.78 is 10.2. The number of pyridine rings is 3. The van der Waals surface area contributed by atoms with E-state index in [4.69, 9.17) is 14.4 Å². The molecule has 0 N–H and O–H groups in total. The maximum absolute atomic E-state index is 6.49. The maximum Gasteiger partial charge on any atom is 0.124 e. The molecule has 0 saturated heterocycles. The normalized spacial score (nSPS) is 11.7. The van der Waals surface area contributed by atoms with E-state index in [0.717, 1.165) is 95.8 Å². The largest absolute Gasteiger partial charge is 0.500 e. The summed E-state index contributed by atoms with van der Waals surface area (Å²) in [5.74, 6) is 8.09. The van der Waals surface area contributed by atoms with E-state index >= 15 is 0 Å². The molecule has 9 aromatic rings. The first-order valence-electron chi connectivity index (χ1n) is 19.9. The van der Waals surface area contributed by atoms with Gasteiger partial charge in [-0.05, 0) is 38.0 Å². The minimum absolute atomic E-state index is 0. The second kappa shape index (κ2) is 16.8. The molecule has 6 nitrogen and oxygen atoms in total. The van der Waals surface area contributed by atoms with Crippen LogP contribution in [0.4, 0.5) is 0 Å². The standard InChI is InChI=1S/C32H23N4O.C19H26GeN.Ir/c1-19-17-33-18-27-30(19)35-32(36(27)26-15-8-7-12-23(26)22-10-5-4-6-11-22)25-14-9-13-24-29-21(3)34-20(2)16-28(29)37-31(24)25;1-19(2,3)13-16-12-18(15-10-8-7-9-11-15)21-14-17(16)20(4,5)6;/h4-13,15-18H,1-3H3;7-10,12,14H,13H2,1-6H3;/q2*-1;. The van der Waals surface area contributed by atoms with E-state index < -0.39 is 13.3 Å². The van der Waals surface area contributed by atoms with Crippen molar-refractivity contribution in [2.75, 3.05) is 0 Å². The van der Waals surface area contributed by atoms with Crippen molar-refractivity contribution in [1.29, 1.82) is 0 Å². The van der Waals surface area contributed by atoms with E-state index in [-0.39, 0.29) is 20.1 Å². The number of nitrogens with zero attached hydrogens (tertiary/aromatic N) is 5. The predicted molar refractivity (Wildman–Crippen MR) is 243 cm³/mol. The summed E-state index contributed by atoms with van der Waals surface area (Å²) in [6.07, 6.45) is 6.98. The van der Waals surface area contributed by atoms with Gasteiger partial charge in [0.25, 0.3) is 0 Å². The molecule has 9 rings (SSSR count). The SMILES string of the molecule is CC(C)(C)Cc1cc(-c2[c-]cccc2)nc[c]1[Ge]([CH3])([CH3])[CH3].Cc1cc2oc3c(-c4nc5c(C)cncc5n4-c4ccccc4-c4ccccc4)[c-]ccc3c2c(C)n1.[Ir]. The predicted octanol–water partition coefficient (Wildman–Crippen LogP) is 12.5. The first-order chi connectivity index (χ1) is 27.8. The fraction of sp³-hybridized carbons (Fsp3) is 0.216. The minimum Gasteiger partial charge on any atom is -0.500 e. The van der Waals surface area contributed by atoms with Gasteiger partial charge >= 0.3 is 132 Å². The number of furan rings is 1. The van der Waals surface area contributed by atoms with Crippen molar-refractivity contribution < 1.29 is 24.5 Å². The Morgan fingerprint density at radius 1 is 0.780 bits per heavy atom. The van der Waals surface area contributed by atoms with Crippen molar-refractivity contribution in [3.63, 3.8) is 0 Å². The molecule has 0 atom stereocenters. The number of para-hydroxylation sites is 1. The van der Waals surface area contributed by atoms with E-state index in [0.29, 0.717) is 5.41 Å². The summed E-state index contributed by atoms with van der Waals surface area (Å²) in [5.41, 5.74) is 14.3. The van der Waals surface area contributed by atoms with Crippen molar-refractivity contribution in [3.05, 3.63) is 156 Å². The van der Waals surface area contributed by atoms with Gasteiger partial charge in [0.05, 0.1) is 28.6 Å². The third-order valence-electron chi connectivity index (χ3n) is 10.4. The summed E-state index contributed by atoms with van der Waals surface area (Å²) in [4.78, 5) is 19.1. The Labute approximate surface area is 363 Å². The van der Waals surface area contributed by atoms with E-state index in [1.165, 1.54) is 9.96 Å². The Morgan fingerprint density at radius 3 is 2.25 bits per heavy atom. The van der Waals surface area contributed by atoms with Gasteiger partial charge in [-0.3, -0.25) is 15.0 Å². The molecule has 0 fully saturated rings. The Balaban J connectivity index is 0.000000206. The van der Waals surface area contributed by atoms with Crippen LogP contribution in [0, 0.1) is 38.3 Å². The van der Waals surface area contributed by atoms with Gasteiger partial charge in [-0.15, -0.1) is 18.2 Å². The summed E-state index contributed by atoms with van der Waals surface area (Å²) in [6, 6.07) is 41.9. The Kier molecular flexibility index (Phi) is 11.9. The Morgan fingerprint density at radius 2 is 1.53 bits per heavy atom. The van der Waals surface area contributed by atoms with Crippen LogP contribution in [0.2, 0.25) is 17.3 Å². The van der Waals surface area contributed by atoms with Crippen LogP contribution in [-0.4, -0.2) is 37.8 Å². The third-order valence-corrected chi connectivity index (χ3v) is 14.8. The summed E-state index contributed by atoms with van der Waals surface area (Å²) >= 11 is -1.90. The van der Waals surface area contributed by atoms with Gasteiger partial charge in [0.15, 0.2) is 0 Å². The number of hydrogen-bond acceptors (Lipinski definition) is 5. The number of rotatable bonds is 6. The molecule has 0 unspecified atom stereocenters. The molecule has 0 aliphatic rings. The molecular weight excluding hydrogens is 963 g/mol. The molecular formula is C51H49GeIrN5O-2. The molecule has 0 bridgehead atoms. The van der Waals surface area contributed by atoms with Crippen molar-refractivity contribution in [2.24, 2.45) is 5.41 Å². The van der Waals surface area contributed by atoms with E-state index in [2.05, 4.69) is 132 Å². The van der Waals surface area contributed by atoms with E-state index in [1.54, 1.807) is 0 Å². The fourth-order valence-corrected chi connectivity index (χ4v) is 11.2. The zero-order valence-electron chi connectivity index (χ0n) is 35.2. The second-order valence-corrected chi connectivity index (χ2v) is 28.0. The smallest absolute Gasteiger partial charge is 0.124 e. The minimum atomic E-state index is -1.90. The van der Waals surface area contributed by atoms with Crippen LogP contribution in [0.1, 0.15) is 43.3 Å². The van der Waals surface area contributed by atoms with Crippen LogP contribution in [0.15, 0.2) is 126 Å². The molecule has 8 heteroatoms. The monoisotopic (exact) mass is 1010 g/mol. The molecule has 5 aromatic heterocycles. The van der Waals surface area contributed by atoms with Crippen molar-refractivity contribution >= 4 is 50.6 Å². The molecule has 0 amide bonds. The number of benzene rings is 4. The number of aryl methyl sites for hydroxylation is 3. The van der Waals surface area contributed by atoms with Crippen LogP contribution in [0.3, 0.4) is 0 Å². The van der Waals surface area contributed by atoms with Crippen LogP contribution < -0.4 is 4.40 Å². The zero-order chi connectivity index (χ0) is 40.8. The van der Waals surface area contributed by atoms with E-state index in [1.807, 2.05) is 75.6 Å². The topological polar surface area (TPSA) is 69.6 Å². The molecule has 5 heterocycles. The zero-order valence-corrected chi connectivity index (χ0v) is 39.7. The Bertz CT molecular complexity index is 2920. The molecule has 4 aromatic carbocycles. The summed E-state index contributed by atoms with van der Waals surface area (Å²) in [5, 5.41) is 2.04.